The minimum atomic E-state index is -3.66. The highest BCUT2D eigenvalue weighted by Gasteiger charge is 2.22. The Bertz CT molecular complexity index is 997. The van der Waals surface area contributed by atoms with Gasteiger partial charge in [0.15, 0.2) is 0 Å². The molecule has 2 aromatic carbocycles. The number of carbonyl (C=O) groups is 2. The van der Waals surface area contributed by atoms with Crippen LogP contribution in [0.4, 0.5) is 0 Å². The van der Waals surface area contributed by atoms with Gasteiger partial charge < -0.3 is 4.74 Å². The molecule has 0 unspecified atom stereocenters. The van der Waals surface area contributed by atoms with E-state index in [9.17, 15) is 18.0 Å². The second kappa shape index (κ2) is 9.94. The van der Waals surface area contributed by atoms with Crippen molar-refractivity contribution in [2.75, 3.05) is 20.2 Å². The van der Waals surface area contributed by atoms with Crippen LogP contribution in [0.1, 0.15) is 40.1 Å². The van der Waals surface area contributed by atoms with E-state index in [1.165, 1.54) is 41.9 Å². The maximum atomic E-state index is 12.6. The monoisotopic (exact) mass is 417 g/mol. The number of methoxy groups -OCH3 is 1. The molecule has 2 aromatic rings. The maximum Gasteiger partial charge on any atom is 0.337 e. The van der Waals surface area contributed by atoms with E-state index in [0.29, 0.717) is 24.2 Å². The minimum absolute atomic E-state index is 0.0521. The first-order valence-corrected chi connectivity index (χ1v) is 10.4. The smallest absolute Gasteiger partial charge is 0.337 e. The lowest BCUT2D eigenvalue weighted by Gasteiger charge is -2.18. The van der Waals surface area contributed by atoms with Crippen molar-refractivity contribution >= 4 is 28.1 Å². The number of amides is 1. The number of esters is 1. The Labute approximate surface area is 170 Å². The Morgan fingerprint density at radius 1 is 1.07 bits per heavy atom. The molecule has 0 fully saturated rings. The van der Waals surface area contributed by atoms with Crippen LogP contribution >= 0.6 is 0 Å². The molecule has 0 radical (unpaired) electrons. The summed E-state index contributed by atoms with van der Waals surface area (Å²) in [7, 11) is -2.36. The van der Waals surface area contributed by atoms with Crippen LogP contribution < -0.4 is 5.43 Å². The Balaban J connectivity index is 2.10. The fourth-order valence-corrected chi connectivity index (χ4v) is 4.07. The first kappa shape index (κ1) is 22.3. The summed E-state index contributed by atoms with van der Waals surface area (Å²) >= 11 is 0. The van der Waals surface area contributed by atoms with Gasteiger partial charge in [-0.15, -0.1) is 0 Å². The number of hydrogen-bond donors (Lipinski definition) is 1. The van der Waals surface area contributed by atoms with E-state index >= 15 is 0 Å². The third kappa shape index (κ3) is 5.49. The number of sulfonamides is 1. The average Bonchev–Trinajstić information content (AvgIpc) is 2.74. The lowest BCUT2D eigenvalue weighted by Crippen LogP contribution is -2.30. The number of rotatable bonds is 8. The SMILES string of the molecule is CCN(CC)S(=O)(=O)c1cccc(C(=O)N/N=C\c2ccc(C(=O)OC)cc2)c1. The summed E-state index contributed by atoms with van der Waals surface area (Å²) in [6.07, 6.45) is 1.41. The zero-order valence-corrected chi connectivity index (χ0v) is 17.3. The quantitative estimate of drug-likeness (QED) is 0.403. The van der Waals surface area contributed by atoms with Gasteiger partial charge in [-0.1, -0.05) is 32.0 Å². The summed E-state index contributed by atoms with van der Waals surface area (Å²) in [4.78, 5) is 23.8. The van der Waals surface area contributed by atoms with Crippen LogP contribution in [0.5, 0.6) is 0 Å². The number of hydrazone groups is 1. The van der Waals surface area contributed by atoms with Crippen LogP contribution in [0, 0.1) is 0 Å². The second-order valence-corrected chi connectivity index (χ2v) is 7.87. The standard InChI is InChI=1S/C20H23N3O5S/c1-4-23(5-2)29(26,27)18-8-6-7-17(13-18)19(24)22-21-14-15-9-11-16(12-10-15)20(25)28-3/h6-14H,4-5H2,1-3H3,(H,22,24)/b21-14-. The molecule has 0 aromatic heterocycles. The summed E-state index contributed by atoms with van der Waals surface area (Å²) in [5.74, 6) is -0.981. The highest BCUT2D eigenvalue weighted by atomic mass is 32.2. The Morgan fingerprint density at radius 2 is 1.72 bits per heavy atom. The summed E-state index contributed by atoms with van der Waals surface area (Å²) in [6, 6.07) is 12.3. The van der Waals surface area contributed by atoms with Crippen molar-refractivity contribution < 1.29 is 22.7 Å². The molecule has 0 heterocycles. The van der Waals surface area contributed by atoms with Crippen LogP contribution in [0.25, 0.3) is 0 Å². The van der Waals surface area contributed by atoms with E-state index in [4.69, 9.17) is 0 Å². The molecule has 1 amide bonds. The molecule has 0 saturated heterocycles. The van der Waals surface area contributed by atoms with Crippen molar-refractivity contribution in [1.29, 1.82) is 0 Å². The van der Waals surface area contributed by atoms with Crippen molar-refractivity contribution in [3.05, 3.63) is 65.2 Å². The van der Waals surface area contributed by atoms with Gasteiger partial charge in [-0.3, -0.25) is 4.79 Å². The van der Waals surface area contributed by atoms with E-state index < -0.39 is 21.9 Å². The fraction of sp³-hybridized carbons (Fsp3) is 0.250. The third-order valence-corrected chi connectivity index (χ3v) is 6.20. The van der Waals surface area contributed by atoms with E-state index in [0.717, 1.165) is 0 Å². The van der Waals surface area contributed by atoms with E-state index in [2.05, 4.69) is 15.3 Å². The van der Waals surface area contributed by atoms with Crippen LogP contribution in [0.2, 0.25) is 0 Å². The lowest BCUT2D eigenvalue weighted by molar-refractivity contribution is 0.0600. The molecule has 2 rings (SSSR count). The Kier molecular flexibility index (Phi) is 7.63. The van der Waals surface area contributed by atoms with Crippen molar-refractivity contribution in [2.24, 2.45) is 5.10 Å². The van der Waals surface area contributed by atoms with Gasteiger partial charge in [-0.25, -0.2) is 18.6 Å². The summed E-state index contributed by atoms with van der Waals surface area (Å²) in [5, 5.41) is 3.87. The van der Waals surface area contributed by atoms with Gasteiger partial charge in [0.05, 0.1) is 23.8 Å². The number of ether oxygens (including phenoxy) is 1. The molecule has 154 valence electrons. The number of hydrogen-bond acceptors (Lipinski definition) is 6. The number of benzene rings is 2. The van der Waals surface area contributed by atoms with Gasteiger partial charge in [0.25, 0.3) is 5.91 Å². The molecule has 9 heteroatoms. The van der Waals surface area contributed by atoms with Crippen molar-refractivity contribution in [3.63, 3.8) is 0 Å². The molecule has 8 nitrogen and oxygen atoms in total. The van der Waals surface area contributed by atoms with Gasteiger partial charge in [-0.05, 0) is 35.9 Å². The van der Waals surface area contributed by atoms with Crippen molar-refractivity contribution in [2.45, 2.75) is 18.7 Å². The average molecular weight is 417 g/mol. The number of nitrogens with zero attached hydrogens (tertiary/aromatic N) is 2. The van der Waals surface area contributed by atoms with Crippen molar-refractivity contribution in [1.82, 2.24) is 9.73 Å². The first-order valence-electron chi connectivity index (χ1n) is 8.95. The highest BCUT2D eigenvalue weighted by Crippen LogP contribution is 2.17. The van der Waals surface area contributed by atoms with Gasteiger partial charge in [0, 0.05) is 18.7 Å². The molecule has 0 aliphatic carbocycles. The first-order chi connectivity index (χ1) is 13.8. The van der Waals surface area contributed by atoms with Gasteiger partial charge >= 0.3 is 5.97 Å². The predicted molar refractivity (Wildman–Crippen MR) is 109 cm³/mol. The molecule has 0 saturated carbocycles. The number of carbonyl (C=O) groups excluding carboxylic acids is 2. The normalized spacial score (nSPS) is 11.6. The zero-order valence-electron chi connectivity index (χ0n) is 16.5. The molecule has 0 bridgehead atoms. The molecule has 1 N–H and O–H groups in total. The molecular formula is C20H23N3O5S. The molecule has 0 aliphatic rings. The second-order valence-electron chi connectivity index (χ2n) is 5.93. The maximum absolute atomic E-state index is 12.6. The zero-order chi connectivity index (χ0) is 21.4. The number of nitrogens with one attached hydrogen (secondary N) is 1. The third-order valence-electron chi connectivity index (χ3n) is 4.15. The summed E-state index contributed by atoms with van der Waals surface area (Å²) < 4.78 is 31.1. The Hall–Kier alpha value is -3.04. The largest absolute Gasteiger partial charge is 0.465 e. The predicted octanol–water partition coefficient (Wildman–Crippen LogP) is 2.27. The van der Waals surface area contributed by atoms with Gasteiger partial charge in [0.1, 0.15) is 0 Å². The van der Waals surface area contributed by atoms with Crippen molar-refractivity contribution in [3.8, 4) is 0 Å². The summed E-state index contributed by atoms with van der Waals surface area (Å²) in [5.41, 5.74) is 3.61. The van der Waals surface area contributed by atoms with E-state index in [1.54, 1.807) is 38.1 Å². The van der Waals surface area contributed by atoms with Crippen LogP contribution in [0.3, 0.4) is 0 Å². The van der Waals surface area contributed by atoms with Crippen LogP contribution in [-0.4, -0.2) is 51.0 Å². The lowest BCUT2D eigenvalue weighted by atomic mass is 10.1. The summed E-state index contributed by atoms with van der Waals surface area (Å²) in [6.45, 7) is 4.19. The minimum Gasteiger partial charge on any atom is -0.465 e. The van der Waals surface area contributed by atoms with Crippen LogP contribution in [-0.2, 0) is 14.8 Å². The van der Waals surface area contributed by atoms with E-state index in [-0.39, 0.29) is 10.5 Å². The molecular weight excluding hydrogens is 394 g/mol. The molecule has 29 heavy (non-hydrogen) atoms. The topological polar surface area (TPSA) is 105 Å². The van der Waals surface area contributed by atoms with Crippen LogP contribution in [0.15, 0.2) is 58.5 Å². The van der Waals surface area contributed by atoms with E-state index in [1.807, 2.05) is 0 Å². The molecule has 0 aliphatic heterocycles. The highest BCUT2D eigenvalue weighted by molar-refractivity contribution is 7.89. The van der Waals surface area contributed by atoms with Gasteiger partial charge in [-0.2, -0.15) is 9.41 Å². The Morgan fingerprint density at radius 3 is 2.31 bits per heavy atom. The molecule has 0 spiro atoms. The van der Waals surface area contributed by atoms with Gasteiger partial charge in [0.2, 0.25) is 10.0 Å². The fourth-order valence-electron chi connectivity index (χ4n) is 2.56. The molecule has 0 atom stereocenters.